The van der Waals surface area contributed by atoms with Gasteiger partial charge >= 0.3 is 0 Å². The van der Waals surface area contributed by atoms with Crippen molar-refractivity contribution in [3.63, 3.8) is 0 Å². The van der Waals surface area contributed by atoms with Crippen molar-refractivity contribution in [2.45, 2.75) is 0 Å². The molecule has 0 fully saturated rings. The third-order valence-corrected chi connectivity index (χ3v) is 3.24. The molecule has 0 amide bonds. The highest BCUT2D eigenvalue weighted by molar-refractivity contribution is 7.89. The summed E-state index contributed by atoms with van der Waals surface area (Å²) in [4.78, 5) is 0. The summed E-state index contributed by atoms with van der Waals surface area (Å²) in [7, 11) is -3.44. The molecule has 0 radical (unpaired) electrons. The van der Waals surface area contributed by atoms with E-state index in [9.17, 15) is 8.42 Å². The van der Waals surface area contributed by atoms with Gasteiger partial charge in [0.05, 0.1) is 19.0 Å². The Hall–Kier alpha value is -0.430. The van der Waals surface area contributed by atoms with Crippen LogP contribution in [-0.4, -0.2) is 55.0 Å². The Bertz CT molecular complexity index is 237. The second-order valence-corrected chi connectivity index (χ2v) is 4.50. The van der Waals surface area contributed by atoms with Gasteiger partial charge in [-0.3, -0.25) is 0 Å². The van der Waals surface area contributed by atoms with Gasteiger partial charge in [0.1, 0.15) is 0 Å². The van der Waals surface area contributed by atoms with Gasteiger partial charge in [0, 0.05) is 13.1 Å². The third-order valence-electron chi connectivity index (χ3n) is 1.42. The molecule has 0 aliphatic rings. The second-order valence-electron chi connectivity index (χ2n) is 2.41. The standard InChI is InChI=1S/C7H15NO4S/c1-2-3-8(4-5-9)13(11,12)7-6-10/h2,9-10H,1,3-7H2. The number of hydrogen-bond donors (Lipinski definition) is 2. The van der Waals surface area contributed by atoms with Crippen molar-refractivity contribution in [1.82, 2.24) is 4.31 Å². The molecule has 0 atom stereocenters. The molecule has 13 heavy (non-hydrogen) atoms. The first-order chi connectivity index (χ1) is 6.08. The predicted molar refractivity (Wildman–Crippen MR) is 49.7 cm³/mol. The van der Waals surface area contributed by atoms with Gasteiger partial charge in [0.25, 0.3) is 0 Å². The third kappa shape index (κ3) is 4.37. The van der Waals surface area contributed by atoms with Gasteiger partial charge in [0.15, 0.2) is 0 Å². The van der Waals surface area contributed by atoms with Crippen molar-refractivity contribution >= 4 is 10.0 Å². The first-order valence-electron chi connectivity index (χ1n) is 3.89. The molecule has 0 heterocycles. The van der Waals surface area contributed by atoms with Gasteiger partial charge in [0.2, 0.25) is 10.0 Å². The van der Waals surface area contributed by atoms with Gasteiger partial charge in [-0.1, -0.05) is 6.08 Å². The fraction of sp³-hybridized carbons (Fsp3) is 0.714. The molecular formula is C7H15NO4S. The number of hydrogen-bond acceptors (Lipinski definition) is 4. The highest BCUT2D eigenvalue weighted by atomic mass is 32.2. The summed E-state index contributed by atoms with van der Waals surface area (Å²) in [6.45, 7) is 2.94. The smallest absolute Gasteiger partial charge is 0.216 e. The zero-order valence-corrected chi connectivity index (χ0v) is 8.20. The number of aliphatic hydroxyl groups excluding tert-OH is 2. The van der Waals surface area contributed by atoms with Crippen molar-refractivity contribution in [1.29, 1.82) is 0 Å². The van der Waals surface area contributed by atoms with Crippen LogP contribution >= 0.6 is 0 Å². The van der Waals surface area contributed by atoms with E-state index in [1.165, 1.54) is 6.08 Å². The fourth-order valence-electron chi connectivity index (χ4n) is 0.844. The lowest BCUT2D eigenvalue weighted by Gasteiger charge is -2.18. The van der Waals surface area contributed by atoms with Crippen LogP contribution in [0.1, 0.15) is 0 Å². The van der Waals surface area contributed by atoms with Crippen LogP contribution in [0.2, 0.25) is 0 Å². The monoisotopic (exact) mass is 209 g/mol. The van der Waals surface area contributed by atoms with Gasteiger partial charge in [-0.05, 0) is 0 Å². The predicted octanol–water partition coefficient (Wildman–Crippen LogP) is -1.21. The van der Waals surface area contributed by atoms with E-state index in [0.717, 1.165) is 4.31 Å². The van der Waals surface area contributed by atoms with Crippen LogP contribution < -0.4 is 0 Å². The molecule has 6 heteroatoms. The van der Waals surface area contributed by atoms with Gasteiger partial charge in [-0.25, -0.2) is 8.42 Å². The van der Waals surface area contributed by atoms with E-state index in [2.05, 4.69) is 6.58 Å². The van der Waals surface area contributed by atoms with E-state index in [0.29, 0.717) is 0 Å². The zero-order chi connectivity index (χ0) is 10.3. The van der Waals surface area contributed by atoms with Crippen molar-refractivity contribution in [2.75, 3.05) is 32.1 Å². The van der Waals surface area contributed by atoms with Gasteiger partial charge in [-0.15, -0.1) is 6.58 Å². The van der Waals surface area contributed by atoms with Crippen molar-refractivity contribution in [3.8, 4) is 0 Å². The molecule has 78 valence electrons. The largest absolute Gasteiger partial charge is 0.395 e. The molecule has 0 spiro atoms. The second kappa shape index (κ2) is 6.09. The average Bonchev–Trinajstić information content (AvgIpc) is 2.04. The van der Waals surface area contributed by atoms with Crippen LogP contribution in [0.3, 0.4) is 0 Å². The highest BCUT2D eigenvalue weighted by Crippen LogP contribution is 2.00. The summed E-state index contributed by atoms with van der Waals surface area (Å²) in [6, 6.07) is 0. The molecule has 0 aliphatic carbocycles. The summed E-state index contributed by atoms with van der Waals surface area (Å²) in [5, 5.41) is 17.1. The maximum absolute atomic E-state index is 11.3. The molecule has 0 unspecified atom stereocenters. The summed E-state index contributed by atoms with van der Waals surface area (Å²) < 4.78 is 23.7. The lowest BCUT2D eigenvalue weighted by Crippen LogP contribution is -2.36. The topological polar surface area (TPSA) is 77.8 Å². The molecule has 2 N–H and O–H groups in total. The summed E-state index contributed by atoms with van der Waals surface area (Å²) in [5.74, 6) is -0.319. The molecule has 0 aromatic rings. The van der Waals surface area contributed by atoms with Crippen LogP contribution in [0.4, 0.5) is 0 Å². The lowest BCUT2D eigenvalue weighted by molar-refractivity contribution is 0.258. The first-order valence-corrected chi connectivity index (χ1v) is 5.50. The van der Waals surface area contributed by atoms with Crippen molar-refractivity contribution < 1.29 is 18.6 Å². The minimum atomic E-state index is -3.44. The first kappa shape index (κ1) is 12.6. The maximum Gasteiger partial charge on any atom is 0.216 e. The van der Waals surface area contributed by atoms with E-state index in [1.54, 1.807) is 0 Å². The number of aliphatic hydroxyl groups is 2. The van der Waals surface area contributed by atoms with Crippen LogP contribution in [0.25, 0.3) is 0 Å². The summed E-state index contributed by atoms with van der Waals surface area (Å²) in [6.07, 6.45) is 1.44. The molecule has 0 saturated heterocycles. The normalized spacial score (nSPS) is 11.9. The fourth-order valence-corrected chi connectivity index (χ4v) is 2.03. The molecule has 0 rings (SSSR count). The van der Waals surface area contributed by atoms with E-state index in [-0.39, 0.29) is 25.4 Å². The number of rotatable bonds is 7. The van der Waals surface area contributed by atoms with Gasteiger partial charge in [-0.2, -0.15) is 4.31 Å². The number of sulfonamides is 1. The van der Waals surface area contributed by atoms with Crippen LogP contribution in [-0.2, 0) is 10.0 Å². The molecule has 0 aromatic heterocycles. The Morgan fingerprint density at radius 1 is 1.31 bits per heavy atom. The number of nitrogens with zero attached hydrogens (tertiary/aromatic N) is 1. The highest BCUT2D eigenvalue weighted by Gasteiger charge is 2.18. The Morgan fingerprint density at radius 2 is 1.92 bits per heavy atom. The summed E-state index contributed by atoms with van der Waals surface area (Å²) in [5.41, 5.74) is 0. The van der Waals surface area contributed by atoms with E-state index in [4.69, 9.17) is 10.2 Å². The van der Waals surface area contributed by atoms with Crippen LogP contribution in [0, 0.1) is 0 Å². The Balaban J connectivity index is 4.41. The molecular weight excluding hydrogens is 194 g/mol. The molecule has 5 nitrogen and oxygen atoms in total. The molecule has 0 saturated carbocycles. The Morgan fingerprint density at radius 3 is 2.31 bits per heavy atom. The SMILES string of the molecule is C=CCN(CCO)S(=O)(=O)CCO. The van der Waals surface area contributed by atoms with Crippen LogP contribution in [0.5, 0.6) is 0 Å². The lowest BCUT2D eigenvalue weighted by atomic mass is 10.6. The molecule has 0 aromatic carbocycles. The minimum absolute atomic E-state index is 0.0361. The van der Waals surface area contributed by atoms with E-state index in [1.807, 2.05) is 0 Å². The Labute approximate surface area is 78.3 Å². The Kier molecular flexibility index (Phi) is 5.89. The van der Waals surface area contributed by atoms with Crippen LogP contribution in [0.15, 0.2) is 12.7 Å². The van der Waals surface area contributed by atoms with Gasteiger partial charge < -0.3 is 10.2 Å². The quantitative estimate of drug-likeness (QED) is 0.516. The van der Waals surface area contributed by atoms with E-state index >= 15 is 0 Å². The van der Waals surface area contributed by atoms with Crippen molar-refractivity contribution in [2.24, 2.45) is 0 Å². The van der Waals surface area contributed by atoms with E-state index < -0.39 is 16.6 Å². The molecule has 0 aliphatic heterocycles. The maximum atomic E-state index is 11.3. The summed E-state index contributed by atoms with van der Waals surface area (Å²) >= 11 is 0. The average molecular weight is 209 g/mol. The minimum Gasteiger partial charge on any atom is -0.395 e. The van der Waals surface area contributed by atoms with Crippen molar-refractivity contribution in [3.05, 3.63) is 12.7 Å². The molecule has 0 bridgehead atoms. The zero-order valence-electron chi connectivity index (χ0n) is 7.39.